The third kappa shape index (κ3) is 5.03. The van der Waals surface area contributed by atoms with Crippen LogP contribution in [0.25, 0.3) is 6.08 Å². The van der Waals surface area contributed by atoms with Gasteiger partial charge in [-0.25, -0.2) is 4.79 Å². The lowest BCUT2D eigenvalue weighted by Crippen LogP contribution is -2.29. The van der Waals surface area contributed by atoms with Gasteiger partial charge in [-0.3, -0.25) is 0 Å². The number of methoxy groups -OCH3 is 2. The van der Waals surface area contributed by atoms with E-state index in [2.05, 4.69) is 9.99 Å². The summed E-state index contributed by atoms with van der Waals surface area (Å²) in [6.07, 6.45) is -3.61. The van der Waals surface area contributed by atoms with Gasteiger partial charge in [-0.2, -0.15) is 13.2 Å². The standard InChI is InChI=1S/C15H17F3N2O4S/c1-22-7-5-20(6-8-23-2)12-4-3-10(25-12)9-11-13(15(16,17)18)19-24-14(11)21/h3-4,9H,5-8H2,1-2H3/b11-9+. The van der Waals surface area contributed by atoms with Crippen LogP contribution in [0.1, 0.15) is 4.88 Å². The number of halogens is 3. The Morgan fingerprint density at radius 2 is 1.88 bits per heavy atom. The van der Waals surface area contributed by atoms with E-state index >= 15 is 0 Å². The summed E-state index contributed by atoms with van der Waals surface area (Å²) < 4.78 is 48.7. The predicted octanol–water partition coefficient (Wildman–Crippen LogP) is 2.71. The van der Waals surface area contributed by atoms with E-state index in [-0.39, 0.29) is 0 Å². The van der Waals surface area contributed by atoms with Crippen molar-refractivity contribution in [3.05, 3.63) is 22.6 Å². The van der Waals surface area contributed by atoms with Crippen LogP contribution in [-0.2, 0) is 19.1 Å². The summed E-state index contributed by atoms with van der Waals surface area (Å²) in [4.78, 5) is 18.2. The SMILES string of the molecule is COCCN(CCOC)c1ccc(/C=C2/C(=O)ON=C2C(F)(F)F)s1. The van der Waals surface area contributed by atoms with Crippen LogP contribution in [0.15, 0.2) is 22.9 Å². The van der Waals surface area contributed by atoms with E-state index in [1.165, 1.54) is 11.3 Å². The lowest BCUT2D eigenvalue weighted by molar-refractivity contribution is -0.136. The monoisotopic (exact) mass is 378 g/mol. The molecule has 0 atom stereocenters. The Labute approximate surface area is 146 Å². The molecular formula is C15H17F3N2O4S. The van der Waals surface area contributed by atoms with Crippen LogP contribution in [0, 0.1) is 0 Å². The lowest BCUT2D eigenvalue weighted by Gasteiger charge is -2.22. The van der Waals surface area contributed by atoms with E-state index in [1.54, 1.807) is 26.4 Å². The largest absolute Gasteiger partial charge is 0.437 e. The van der Waals surface area contributed by atoms with Gasteiger partial charge in [0.05, 0.1) is 23.8 Å². The molecule has 25 heavy (non-hydrogen) atoms. The smallest absolute Gasteiger partial charge is 0.383 e. The van der Waals surface area contributed by atoms with E-state index in [0.29, 0.717) is 31.2 Å². The fraction of sp³-hybridized carbons (Fsp3) is 0.467. The molecule has 2 rings (SSSR count). The van der Waals surface area contributed by atoms with E-state index < -0.39 is 23.4 Å². The number of alkyl halides is 3. The maximum atomic E-state index is 12.9. The fourth-order valence-corrected chi connectivity index (χ4v) is 3.08. The molecule has 0 unspecified atom stereocenters. The van der Waals surface area contributed by atoms with Crippen LogP contribution in [0.4, 0.5) is 18.2 Å². The van der Waals surface area contributed by atoms with Gasteiger partial charge >= 0.3 is 12.1 Å². The molecule has 10 heteroatoms. The molecule has 0 aliphatic carbocycles. The Morgan fingerprint density at radius 3 is 2.44 bits per heavy atom. The zero-order valence-electron chi connectivity index (χ0n) is 13.6. The van der Waals surface area contributed by atoms with Crippen LogP contribution in [0.5, 0.6) is 0 Å². The zero-order chi connectivity index (χ0) is 18.4. The minimum Gasteiger partial charge on any atom is -0.383 e. The van der Waals surface area contributed by atoms with Crippen molar-refractivity contribution in [1.29, 1.82) is 0 Å². The summed E-state index contributed by atoms with van der Waals surface area (Å²) in [5, 5.41) is 3.65. The Balaban J connectivity index is 2.21. The van der Waals surface area contributed by atoms with E-state index in [4.69, 9.17) is 9.47 Å². The first-order chi connectivity index (χ1) is 11.9. The number of ether oxygens (including phenoxy) is 2. The highest BCUT2D eigenvalue weighted by molar-refractivity contribution is 7.17. The number of rotatable bonds is 8. The molecule has 0 saturated heterocycles. The van der Waals surface area contributed by atoms with Crippen molar-refractivity contribution < 1.29 is 32.3 Å². The van der Waals surface area contributed by atoms with E-state index in [1.807, 2.05) is 4.90 Å². The molecule has 0 N–H and O–H groups in total. The molecule has 1 aliphatic rings. The second-order valence-corrected chi connectivity index (χ2v) is 6.12. The number of nitrogens with zero attached hydrogens (tertiary/aromatic N) is 2. The number of hydrogen-bond donors (Lipinski definition) is 0. The van der Waals surface area contributed by atoms with Gasteiger partial charge < -0.3 is 19.2 Å². The summed E-state index contributed by atoms with van der Waals surface area (Å²) in [5.41, 5.74) is -1.91. The second-order valence-electron chi connectivity index (χ2n) is 5.02. The third-order valence-corrected chi connectivity index (χ3v) is 4.40. The van der Waals surface area contributed by atoms with Crippen molar-refractivity contribution in [2.75, 3.05) is 45.4 Å². The van der Waals surface area contributed by atoms with Gasteiger partial charge in [0, 0.05) is 32.2 Å². The first kappa shape index (κ1) is 19.4. The van der Waals surface area contributed by atoms with Crippen molar-refractivity contribution in [3.8, 4) is 0 Å². The molecule has 2 heterocycles. The normalized spacial score (nSPS) is 16.3. The molecule has 0 amide bonds. The van der Waals surface area contributed by atoms with Gasteiger partial charge in [0.25, 0.3) is 0 Å². The Kier molecular flexibility index (Phi) is 6.57. The Bertz CT molecular complexity index is 662. The van der Waals surface area contributed by atoms with Crippen molar-refractivity contribution in [2.45, 2.75) is 6.18 Å². The summed E-state index contributed by atoms with van der Waals surface area (Å²) in [7, 11) is 3.17. The topological polar surface area (TPSA) is 60.4 Å². The number of carbonyl (C=O) groups is 1. The molecule has 0 saturated carbocycles. The summed E-state index contributed by atoms with van der Waals surface area (Å²) >= 11 is 1.25. The van der Waals surface area contributed by atoms with Crippen LogP contribution >= 0.6 is 11.3 Å². The van der Waals surface area contributed by atoms with Gasteiger partial charge in [0.1, 0.15) is 0 Å². The number of oxime groups is 1. The van der Waals surface area contributed by atoms with Crippen LogP contribution < -0.4 is 4.90 Å². The van der Waals surface area contributed by atoms with Crippen molar-refractivity contribution in [2.24, 2.45) is 5.16 Å². The maximum Gasteiger partial charge on any atom is 0.437 e. The average Bonchev–Trinajstić information content (AvgIpc) is 3.15. The third-order valence-electron chi connectivity index (χ3n) is 3.30. The van der Waals surface area contributed by atoms with Crippen molar-refractivity contribution in [1.82, 2.24) is 0 Å². The van der Waals surface area contributed by atoms with Crippen molar-refractivity contribution >= 4 is 34.1 Å². The minimum absolute atomic E-state index is 0.487. The van der Waals surface area contributed by atoms with Crippen LogP contribution in [0.3, 0.4) is 0 Å². The number of hydrogen-bond acceptors (Lipinski definition) is 7. The van der Waals surface area contributed by atoms with Crippen LogP contribution in [-0.4, -0.2) is 58.4 Å². The summed E-state index contributed by atoms with van der Waals surface area (Å²) in [6, 6.07) is 3.41. The number of anilines is 1. The molecular weight excluding hydrogens is 361 g/mol. The minimum atomic E-state index is -4.75. The highest BCUT2D eigenvalue weighted by atomic mass is 32.1. The molecule has 6 nitrogen and oxygen atoms in total. The zero-order valence-corrected chi connectivity index (χ0v) is 14.4. The Morgan fingerprint density at radius 1 is 1.24 bits per heavy atom. The van der Waals surface area contributed by atoms with Gasteiger partial charge in [0.2, 0.25) is 0 Å². The lowest BCUT2D eigenvalue weighted by atomic mass is 10.1. The molecule has 0 bridgehead atoms. The molecule has 1 aliphatic heterocycles. The maximum absolute atomic E-state index is 12.9. The van der Waals surface area contributed by atoms with Gasteiger partial charge in [-0.05, 0) is 18.2 Å². The van der Waals surface area contributed by atoms with Gasteiger partial charge in [-0.15, -0.1) is 11.3 Å². The van der Waals surface area contributed by atoms with Gasteiger partial charge in [-0.1, -0.05) is 5.16 Å². The molecule has 0 radical (unpaired) electrons. The van der Waals surface area contributed by atoms with Crippen LogP contribution in [0.2, 0.25) is 0 Å². The highest BCUT2D eigenvalue weighted by Crippen LogP contribution is 2.32. The Hall–Kier alpha value is -1.91. The molecule has 0 aromatic carbocycles. The quantitative estimate of drug-likeness (QED) is 0.514. The second kappa shape index (κ2) is 8.45. The molecule has 1 aromatic rings. The number of thiophene rings is 1. The summed E-state index contributed by atoms with van der Waals surface area (Å²) in [6.45, 7) is 2.20. The fourth-order valence-electron chi connectivity index (χ4n) is 2.08. The molecule has 138 valence electrons. The highest BCUT2D eigenvalue weighted by Gasteiger charge is 2.45. The molecule has 1 aromatic heterocycles. The number of carbonyl (C=O) groups excluding carboxylic acids is 1. The first-order valence-electron chi connectivity index (χ1n) is 7.28. The molecule has 0 spiro atoms. The first-order valence-corrected chi connectivity index (χ1v) is 8.09. The van der Waals surface area contributed by atoms with Crippen molar-refractivity contribution in [3.63, 3.8) is 0 Å². The molecule has 0 fully saturated rings. The summed E-state index contributed by atoms with van der Waals surface area (Å²) in [5.74, 6) is -1.11. The predicted molar refractivity (Wildman–Crippen MR) is 87.8 cm³/mol. The van der Waals surface area contributed by atoms with E-state index in [0.717, 1.165) is 11.1 Å². The van der Waals surface area contributed by atoms with Gasteiger partial charge in [0.15, 0.2) is 5.71 Å². The van der Waals surface area contributed by atoms with E-state index in [9.17, 15) is 18.0 Å². The average molecular weight is 378 g/mol.